The van der Waals surface area contributed by atoms with E-state index >= 15 is 0 Å². The second-order valence-electron chi connectivity index (χ2n) is 6.81. The van der Waals surface area contributed by atoms with Gasteiger partial charge in [-0.1, -0.05) is 18.2 Å². The van der Waals surface area contributed by atoms with E-state index in [0.29, 0.717) is 11.6 Å². The zero-order valence-electron chi connectivity index (χ0n) is 14.0. The number of nitrogens with zero attached hydrogens (tertiary/aromatic N) is 5. The van der Waals surface area contributed by atoms with E-state index in [-0.39, 0.29) is 0 Å². The van der Waals surface area contributed by atoms with Crippen molar-refractivity contribution < 1.29 is 0 Å². The molecule has 1 aliphatic heterocycles. The Morgan fingerprint density at radius 3 is 2.40 bits per heavy atom. The number of fused-ring (bicyclic) bond motifs is 1. The van der Waals surface area contributed by atoms with Gasteiger partial charge in [-0.15, -0.1) is 0 Å². The maximum Gasteiger partial charge on any atom is 0.197 e. The maximum atomic E-state index is 4.46. The van der Waals surface area contributed by atoms with Crippen LogP contribution >= 0.6 is 0 Å². The minimum Gasteiger partial charge on any atom is -0.364 e. The molecule has 3 aromatic rings. The van der Waals surface area contributed by atoms with Gasteiger partial charge in [0.05, 0.1) is 18.1 Å². The summed E-state index contributed by atoms with van der Waals surface area (Å²) in [6.07, 6.45) is 10.9. The Morgan fingerprint density at radius 1 is 0.880 bits per heavy atom. The van der Waals surface area contributed by atoms with Crippen molar-refractivity contribution in [3.8, 4) is 11.6 Å². The van der Waals surface area contributed by atoms with Gasteiger partial charge in [-0.2, -0.15) is 0 Å². The van der Waals surface area contributed by atoms with Crippen molar-refractivity contribution in [3.05, 3.63) is 65.7 Å². The normalized spacial score (nSPS) is 16.6. The summed E-state index contributed by atoms with van der Waals surface area (Å²) in [7, 11) is 0. The predicted molar refractivity (Wildman–Crippen MR) is 96.2 cm³/mol. The largest absolute Gasteiger partial charge is 0.364 e. The lowest BCUT2D eigenvalue weighted by molar-refractivity contribution is 0.726. The summed E-state index contributed by atoms with van der Waals surface area (Å²) >= 11 is 0. The maximum absolute atomic E-state index is 4.46. The van der Waals surface area contributed by atoms with Crippen LogP contribution in [0.15, 0.2) is 49.1 Å². The second kappa shape index (κ2) is 5.92. The van der Waals surface area contributed by atoms with Crippen molar-refractivity contribution in [2.75, 3.05) is 11.4 Å². The first-order valence-electron chi connectivity index (χ1n) is 8.83. The van der Waals surface area contributed by atoms with Gasteiger partial charge >= 0.3 is 0 Å². The minimum absolute atomic E-state index is 0.562. The average molecular weight is 329 g/mol. The highest BCUT2D eigenvalue weighted by Gasteiger charge is 2.25. The van der Waals surface area contributed by atoms with Gasteiger partial charge in [0, 0.05) is 25.5 Å². The molecule has 0 N–H and O–H groups in total. The molecule has 5 rings (SSSR count). The van der Waals surface area contributed by atoms with Gasteiger partial charge < -0.3 is 4.90 Å². The van der Waals surface area contributed by atoms with E-state index in [1.165, 1.54) is 29.5 Å². The summed E-state index contributed by atoms with van der Waals surface area (Å²) in [6.45, 7) is 1.93. The van der Waals surface area contributed by atoms with Crippen molar-refractivity contribution in [3.63, 3.8) is 0 Å². The van der Waals surface area contributed by atoms with Gasteiger partial charge in [0.2, 0.25) is 0 Å². The molecule has 0 spiro atoms. The Kier molecular flexibility index (Phi) is 3.44. The lowest BCUT2D eigenvalue weighted by atomic mass is 9.96. The van der Waals surface area contributed by atoms with Crippen LogP contribution in [0.2, 0.25) is 0 Å². The van der Waals surface area contributed by atoms with Crippen LogP contribution in [-0.4, -0.2) is 26.5 Å². The molecule has 5 heteroatoms. The number of anilines is 1. The molecule has 0 amide bonds. The van der Waals surface area contributed by atoms with Gasteiger partial charge in [-0.25, -0.2) is 19.9 Å². The summed E-state index contributed by atoms with van der Waals surface area (Å²) < 4.78 is 0. The Labute approximate surface area is 146 Å². The monoisotopic (exact) mass is 329 g/mol. The van der Waals surface area contributed by atoms with Crippen molar-refractivity contribution in [2.24, 2.45) is 0 Å². The molecule has 0 atom stereocenters. The van der Waals surface area contributed by atoms with Crippen LogP contribution in [0.3, 0.4) is 0 Å². The van der Waals surface area contributed by atoms with E-state index in [9.17, 15) is 0 Å². The summed E-state index contributed by atoms with van der Waals surface area (Å²) in [6, 6.07) is 8.85. The fraction of sp³-hybridized carbons (Fsp3) is 0.300. The third-order valence-corrected chi connectivity index (χ3v) is 5.06. The molecule has 2 aromatic heterocycles. The standard InChI is InChI=1S/C20H19N5/c1-7-21-19(22-8-1)20-23-11-18(12-24-20)25-9-6-15-4-5-16(14-2-3-14)10-17(15)13-25/h1,4-5,7-8,10-12,14H,2-3,6,9,13H2. The Hall–Kier alpha value is -2.82. The van der Waals surface area contributed by atoms with Crippen LogP contribution in [0.4, 0.5) is 5.69 Å². The van der Waals surface area contributed by atoms with Crippen LogP contribution in [-0.2, 0) is 13.0 Å². The van der Waals surface area contributed by atoms with Gasteiger partial charge in [0.1, 0.15) is 0 Å². The van der Waals surface area contributed by atoms with Crippen LogP contribution in [0.25, 0.3) is 11.6 Å². The van der Waals surface area contributed by atoms with Crippen LogP contribution in [0.1, 0.15) is 35.4 Å². The summed E-state index contributed by atoms with van der Waals surface area (Å²) in [5.74, 6) is 1.93. The molecule has 1 fully saturated rings. The zero-order chi connectivity index (χ0) is 16.6. The quantitative estimate of drug-likeness (QED) is 0.737. The first kappa shape index (κ1) is 14.5. The Balaban J connectivity index is 1.38. The van der Waals surface area contributed by atoms with Gasteiger partial charge in [0.15, 0.2) is 11.6 Å². The molecule has 0 unspecified atom stereocenters. The molecule has 2 aliphatic rings. The third kappa shape index (κ3) is 2.86. The van der Waals surface area contributed by atoms with Crippen molar-refractivity contribution in [1.29, 1.82) is 0 Å². The second-order valence-corrected chi connectivity index (χ2v) is 6.81. The van der Waals surface area contributed by atoms with Gasteiger partial charge in [0.25, 0.3) is 0 Å². The highest BCUT2D eigenvalue weighted by Crippen LogP contribution is 2.41. The number of benzene rings is 1. The molecule has 0 bridgehead atoms. The topological polar surface area (TPSA) is 54.8 Å². The van der Waals surface area contributed by atoms with E-state index in [4.69, 9.17) is 0 Å². The molecule has 1 saturated carbocycles. The molecule has 5 nitrogen and oxygen atoms in total. The molecular weight excluding hydrogens is 310 g/mol. The fourth-order valence-corrected chi connectivity index (χ4v) is 3.48. The number of aromatic nitrogens is 4. The minimum atomic E-state index is 0.562. The van der Waals surface area contributed by atoms with Crippen molar-refractivity contribution >= 4 is 5.69 Å². The Bertz CT molecular complexity index is 888. The molecule has 1 aromatic carbocycles. The van der Waals surface area contributed by atoms with Crippen molar-refractivity contribution in [1.82, 2.24) is 19.9 Å². The smallest absolute Gasteiger partial charge is 0.197 e. The van der Waals surface area contributed by atoms with Crippen molar-refractivity contribution in [2.45, 2.75) is 31.7 Å². The van der Waals surface area contributed by atoms with E-state index in [1.807, 2.05) is 12.4 Å². The summed E-state index contributed by atoms with van der Waals surface area (Å²) in [5, 5.41) is 0. The van der Waals surface area contributed by atoms with Crippen LogP contribution in [0, 0.1) is 0 Å². The summed E-state index contributed by atoms with van der Waals surface area (Å²) in [4.78, 5) is 19.7. The molecular formula is C20H19N5. The van der Waals surface area contributed by atoms with E-state index in [2.05, 4.69) is 43.0 Å². The molecule has 25 heavy (non-hydrogen) atoms. The number of hydrogen-bond donors (Lipinski definition) is 0. The van der Waals surface area contributed by atoms with Crippen LogP contribution in [0.5, 0.6) is 0 Å². The average Bonchev–Trinajstić information content (AvgIpc) is 3.53. The molecule has 1 aliphatic carbocycles. The zero-order valence-corrected chi connectivity index (χ0v) is 14.0. The SMILES string of the molecule is c1cnc(-c2ncc(N3CCc4ccc(C5CC5)cc4C3)cn2)nc1. The molecule has 0 radical (unpaired) electrons. The molecule has 124 valence electrons. The molecule has 0 saturated heterocycles. The van der Waals surface area contributed by atoms with Gasteiger partial charge in [-0.3, -0.25) is 0 Å². The lowest BCUT2D eigenvalue weighted by Gasteiger charge is -2.30. The first-order chi connectivity index (χ1) is 12.4. The van der Waals surface area contributed by atoms with Crippen LogP contribution < -0.4 is 4.90 Å². The van der Waals surface area contributed by atoms with E-state index in [0.717, 1.165) is 31.1 Å². The molecule has 3 heterocycles. The lowest BCUT2D eigenvalue weighted by Crippen LogP contribution is -2.30. The van der Waals surface area contributed by atoms with E-state index in [1.54, 1.807) is 18.5 Å². The number of rotatable bonds is 3. The summed E-state index contributed by atoms with van der Waals surface area (Å²) in [5.41, 5.74) is 5.50. The van der Waals surface area contributed by atoms with Gasteiger partial charge in [-0.05, 0) is 47.9 Å². The fourth-order valence-electron chi connectivity index (χ4n) is 3.48. The third-order valence-electron chi connectivity index (χ3n) is 5.06. The predicted octanol–water partition coefficient (Wildman–Crippen LogP) is 3.37. The number of hydrogen-bond acceptors (Lipinski definition) is 5. The highest BCUT2D eigenvalue weighted by molar-refractivity contribution is 5.51. The highest BCUT2D eigenvalue weighted by atomic mass is 15.2. The first-order valence-corrected chi connectivity index (χ1v) is 8.83. The Morgan fingerprint density at radius 2 is 1.64 bits per heavy atom. The van der Waals surface area contributed by atoms with E-state index < -0.39 is 0 Å².